The Labute approximate surface area is 682 Å². The molecule has 22 rings (SSSR count). The van der Waals surface area contributed by atoms with Crippen LogP contribution >= 0.6 is 23.5 Å². The monoisotopic (exact) mass is 1510 g/mol. The van der Waals surface area contributed by atoms with Crippen molar-refractivity contribution in [3.05, 3.63) is 456 Å². The average Bonchev–Trinajstić information content (AvgIpc) is 1.50. The van der Waals surface area contributed by atoms with Crippen LogP contribution in [0.3, 0.4) is 0 Å². The van der Waals surface area contributed by atoms with Crippen LogP contribution in [0.15, 0.2) is 420 Å². The van der Waals surface area contributed by atoms with Gasteiger partial charge < -0.3 is 0 Å². The topological polar surface area (TPSA) is 99.1 Å². The second-order valence-corrected chi connectivity index (χ2v) is 31.6. The Morgan fingerprint density at radius 2 is 0.491 bits per heavy atom. The Bertz CT molecular complexity index is 6890. The van der Waals surface area contributed by atoms with Crippen LogP contribution in [0.5, 0.6) is 0 Å². The lowest BCUT2D eigenvalue weighted by molar-refractivity contribution is 0.723. The van der Waals surface area contributed by atoms with Crippen molar-refractivity contribution >= 4 is 23.5 Å². The first-order valence-electron chi connectivity index (χ1n) is 38.9. The summed E-state index contributed by atoms with van der Waals surface area (Å²) in [5.41, 5.74) is 34.3. The maximum absolute atomic E-state index is 9.54. The molecule has 2 spiro atoms. The Kier molecular flexibility index (Phi) is 17.2. The highest BCUT2D eigenvalue weighted by atomic mass is 32.2. The lowest BCUT2D eigenvalue weighted by Crippen LogP contribution is -2.32. The molecule has 8 heteroatoms. The fourth-order valence-corrected chi connectivity index (χ4v) is 20.7. The van der Waals surface area contributed by atoms with Gasteiger partial charge in [-0.3, -0.25) is 0 Å². The predicted octanol–water partition coefficient (Wildman–Crippen LogP) is 27.0. The second-order valence-electron chi connectivity index (χ2n) is 29.5. The van der Waals surface area contributed by atoms with Gasteiger partial charge >= 0.3 is 0 Å². The van der Waals surface area contributed by atoms with Crippen molar-refractivity contribution in [3.63, 3.8) is 0 Å². The van der Waals surface area contributed by atoms with Gasteiger partial charge in [-0.05, 0) is 160 Å². The Hall–Kier alpha value is -14.6. The summed E-state index contributed by atoms with van der Waals surface area (Å²) in [6.07, 6.45) is 0. The number of nitriles is 2. The zero-order chi connectivity index (χ0) is 77.3. The molecule has 2 aromatic heterocycles. The predicted molar refractivity (Wildman–Crippen MR) is 471 cm³/mol. The molecule has 16 aromatic carbocycles. The molecule has 4 heterocycles. The molecule has 0 radical (unpaired) electrons. The number of hydrogen-bond acceptors (Lipinski definition) is 8. The highest BCUT2D eigenvalue weighted by molar-refractivity contribution is 8.00. The van der Waals surface area contributed by atoms with Crippen molar-refractivity contribution in [2.24, 2.45) is 0 Å². The van der Waals surface area contributed by atoms with Crippen LogP contribution < -0.4 is 0 Å². The van der Waals surface area contributed by atoms with Crippen molar-refractivity contribution in [2.45, 2.75) is 30.4 Å². The smallest absolute Gasteiger partial charge is 0.161 e. The van der Waals surface area contributed by atoms with E-state index in [-0.39, 0.29) is 0 Å². The number of aromatic nitrogens is 4. The van der Waals surface area contributed by atoms with Gasteiger partial charge in [-0.2, -0.15) is 10.5 Å². The SMILES string of the molecule is N#Cc1ccc(-c2ccc(-c3cccc4c3Sc3ccccc3C43c4ccccc4-c4c(-c5nc(-c6ccccc6)cc(-c6ccccc6)n5)cccc43)cc2)cc1.N#Cc1ccc(-c2cccc3c2Sc2ccccc2C32c3ccccc3-c3c(-c4ccc(-c5nc(-c6ccccc6)cc(-c6ccccc6)n5)cc4)cccc32)cc1. The van der Waals surface area contributed by atoms with Gasteiger partial charge in [-0.25, -0.2) is 19.9 Å². The minimum atomic E-state index is -0.573. The Morgan fingerprint density at radius 3 is 0.905 bits per heavy atom. The van der Waals surface area contributed by atoms with E-state index in [1.165, 1.54) is 103 Å². The van der Waals surface area contributed by atoms with Crippen LogP contribution in [-0.2, 0) is 10.8 Å². The van der Waals surface area contributed by atoms with E-state index in [9.17, 15) is 10.5 Å². The first kappa shape index (κ1) is 69.3. The second kappa shape index (κ2) is 28.8. The first-order chi connectivity index (χ1) is 57.4. The molecule has 6 nitrogen and oxygen atoms in total. The zero-order valence-electron chi connectivity index (χ0n) is 62.6. The molecule has 0 bridgehead atoms. The van der Waals surface area contributed by atoms with Crippen LogP contribution in [0.2, 0.25) is 0 Å². The molecule has 0 N–H and O–H groups in total. The molecule has 18 aromatic rings. The molecule has 0 saturated carbocycles. The first-order valence-corrected chi connectivity index (χ1v) is 40.6. The molecule has 0 amide bonds. The largest absolute Gasteiger partial charge is 0.228 e. The van der Waals surface area contributed by atoms with Crippen molar-refractivity contribution in [2.75, 3.05) is 0 Å². The fraction of sp³-hybridized carbons (Fsp3) is 0.0185. The van der Waals surface area contributed by atoms with Crippen molar-refractivity contribution in [1.82, 2.24) is 19.9 Å². The minimum Gasteiger partial charge on any atom is -0.228 e. The molecule has 2 aliphatic heterocycles. The zero-order valence-corrected chi connectivity index (χ0v) is 64.2. The number of nitrogens with zero attached hydrogens (tertiary/aromatic N) is 6. The molecule has 2 atom stereocenters. The van der Waals surface area contributed by atoms with Gasteiger partial charge in [0, 0.05) is 53.0 Å². The summed E-state index contributed by atoms with van der Waals surface area (Å²) in [4.78, 5) is 25.9. The lowest BCUT2D eigenvalue weighted by Gasteiger charge is -2.40. The van der Waals surface area contributed by atoms with Crippen molar-refractivity contribution in [1.29, 1.82) is 10.5 Å². The number of fused-ring (bicyclic) bond motifs is 18. The number of hydrogen-bond donors (Lipinski definition) is 0. The van der Waals surface area contributed by atoms with Crippen LogP contribution in [0.1, 0.15) is 55.6 Å². The van der Waals surface area contributed by atoms with Gasteiger partial charge in [0.25, 0.3) is 0 Å². The van der Waals surface area contributed by atoms with E-state index in [1.54, 1.807) is 0 Å². The van der Waals surface area contributed by atoms with E-state index in [1.807, 2.05) is 108 Å². The molecule has 0 fully saturated rings. The van der Waals surface area contributed by atoms with Gasteiger partial charge in [-0.1, -0.05) is 375 Å². The molecule has 116 heavy (non-hydrogen) atoms. The third kappa shape index (κ3) is 11.5. The van der Waals surface area contributed by atoms with E-state index in [0.717, 1.165) is 84.0 Å². The third-order valence-electron chi connectivity index (χ3n) is 23.3. The molecule has 0 saturated heterocycles. The van der Waals surface area contributed by atoms with E-state index in [2.05, 4.69) is 328 Å². The average molecular weight is 1510 g/mol. The summed E-state index contributed by atoms with van der Waals surface area (Å²) in [5, 5.41) is 18.8. The van der Waals surface area contributed by atoms with Crippen molar-refractivity contribution in [3.8, 4) is 147 Å². The molecule has 2 aliphatic carbocycles. The molecular formula is C108H66N6S2. The quantitative estimate of drug-likeness (QED) is 0.134. The summed E-state index contributed by atoms with van der Waals surface area (Å²) >= 11 is 3.71. The number of benzene rings is 16. The van der Waals surface area contributed by atoms with E-state index in [4.69, 9.17) is 19.9 Å². The van der Waals surface area contributed by atoms with Crippen LogP contribution in [0, 0.1) is 22.7 Å². The molecule has 2 unspecified atom stereocenters. The Morgan fingerprint density at radius 1 is 0.207 bits per heavy atom. The van der Waals surface area contributed by atoms with Crippen LogP contribution in [0.25, 0.3) is 135 Å². The highest BCUT2D eigenvalue weighted by Crippen LogP contribution is 2.67. The summed E-state index contributed by atoms with van der Waals surface area (Å²) in [6.45, 7) is 0. The Balaban J connectivity index is 0.000000145. The minimum absolute atomic E-state index is 0.527. The van der Waals surface area contributed by atoms with E-state index < -0.39 is 10.8 Å². The third-order valence-corrected chi connectivity index (χ3v) is 25.7. The van der Waals surface area contributed by atoms with Crippen LogP contribution in [0.4, 0.5) is 0 Å². The van der Waals surface area contributed by atoms with E-state index >= 15 is 0 Å². The van der Waals surface area contributed by atoms with Gasteiger partial charge in [0.15, 0.2) is 11.6 Å². The summed E-state index contributed by atoms with van der Waals surface area (Å²) < 4.78 is 0. The maximum Gasteiger partial charge on any atom is 0.161 e. The molecule has 4 aliphatic rings. The van der Waals surface area contributed by atoms with Crippen molar-refractivity contribution < 1.29 is 0 Å². The summed E-state index contributed by atoms with van der Waals surface area (Å²) in [5.74, 6) is 1.40. The lowest BCUT2D eigenvalue weighted by atomic mass is 9.67. The van der Waals surface area contributed by atoms with E-state index in [0.29, 0.717) is 22.8 Å². The van der Waals surface area contributed by atoms with Gasteiger partial charge in [0.1, 0.15) is 0 Å². The van der Waals surface area contributed by atoms with Gasteiger partial charge in [0.2, 0.25) is 0 Å². The molecule has 540 valence electrons. The van der Waals surface area contributed by atoms with Gasteiger partial charge in [-0.15, -0.1) is 0 Å². The summed E-state index contributed by atoms with van der Waals surface area (Å²) in [7, 11) is 0. The normalized spacial score (nSPS) is 14.5. The standard InChI is InChI=1S/2C54H33N3S/c55-34-35-25-27-36(28-26-35)37-29-31-38(32-30-37)41-18-11-23-47-52(41)58-50-24-10-9-21-45(50)54(47)44-20-8-7-17-42(44)51-43(19-12-22-46(51)54)53-56-48(39-13-3-1-4-14-39)33-49(57-53)40-15-5-2-6-16-40;55-34-35-25-27-37(28-26-35)42-19-12-23-47-52(42)58-50-24-10-9-21-45(50)54(47)44-20-8-7-17-43(44)51-41(18-11-22-46(51)54)36-29-31-40(32-30-36)53-56-48(38-13-3-1-4-14-38)33-49(57-53)39-15-5-2-6-16-39/h2*1-33H. The fourth-order valence-electron chi connectivity index (χ4n) is 18.1. The number of rotatable bonds is 10. The van der Waals surface area contributed by atoms with Gasteiger partial charge in [0.05, 0.1) is 56.9 Å². The van der Waals surface area contributed by atoms with Crippen LogP contribution in [-0.4, -0.2) is 19.9 Å². The molecular weight excluding hydrogens is 1450 g/mol. The summed E-state index contributed by atoms with van der Waals surface area (Å²) in [6, 6.07) is 146. The maximum atomic E-state index is 9.54. The highest BCUT2D eigenvalue weighted by Gasteiger charge is 2.53.